The Morgan fingerprint density at radius 3 is 2.79 bits per heavy atom. The lowest BCUT2D eigenvalue weighted by molar-refractivity contribution is -0.141. The number of benzene rings is 1. The van der Waals surface area contributed by atoms with E-state index in [1.165, 1.54) is 13.2 Å². The molecule has 0 radical (unpaired) electrons. The van der Waals surface area contributed by atoms with Gasteiger partial charge in [0.25, 0.3) is 0 Å². The van der Waals surface area contributed by atoms with Gasteiger partial charge in [0.05, 0.1) is 13.5 Å². The molecule has 1 amide bonds. The van der Waals surface area contributed by atoms with E-state index in [9.17, 15) is 9.59 Å². The Morgan fingerprint density at radius 1 is 1.42 bits per heavy atom. The van der Waals surface area contributed by atoms with Crippen LogP contribution in [0.1, 0.15) is 24.5 Å². The van der Waals surface area contributed by atoms with Gasteiger partial charge in [-0.15, -0.1) is 0 Å². The van der Waals surface area contributed by atoms with Crippen LogP contribution < -0.4 is 5.32 Å². The number of esters is 1. The molecule has 0 heterocycles. The minimum absolute atomic E-state index is 0.167. The molecule has 0 aliphatic heterocycles. The van der Waals surface area contributed by atoms with Crippen molar-refractivity contribution in [1.82, 2.24) is 5.32 Å². The Kier molecular flexibility index (Phi) is 5.79. The van der Waals surface area contributed by atoms with Crippen LogP contribution >= 0.6 is 0 Å². The average molecular weight is 261 g/mol. The van der Waals surface area contributed by atoms with Gasteiger partial charge in [0.15, 0.2) is 0 Å². The van der Waals surface area contributed by atoms with Crippen LogP contribution in [-0.4, -0.2) is 25.0 Å². The molecule has 0 aliphatic rings. The summed E-state index contributed by atoms with van der Waals surface area (Å²) in [6.07, 6.45) is 3.37. The molecule has 0 spiro atoms. The van der Waals surface area contributed by atoms with Gasteiger partial charge in [-0.05, 0) is 25.5 Å². The minimum atomic E-state index is -0.338. The smallest absolute Gasteiger partial charge is 0.307 e. The Morgan fingerprint density at radius 2 is 2.16 bits per heavy atom. The number of hydrogen-bond donors (Lipinski definition) is 1. The number of carbonyl (C=O) groups excluding carboxylic acids is 2. The lowest BCUT2D eigenvalue weighted by Crippen LogP contribution is -2.33. The number of aryl methyl sites for hydroxylation is 1. The molecule has 1 atom stereocenters. The van der Waals surface area contributed by atoms with E-state index in [4.69, 9.17) is 0 Å². The molecular weight excluding hydrogens is 242 g/mol. The lowest BCUT2D eigenvalue weighted by Gasteiger charge is -2.10. The second-order valence-corrected chi connectivity index (χ2v) is 4.44. The molecule has 1 unspecified atom stereocenters. The van der Waals surface area contributed by atoms with Crippen LogP contribution in [0.15, 0.2) is 30.3 Å². The highest BCUT2D eigenvalue weighted by Gasteiger charge is 2.10. The van der Waals surface area contributed by atoms with Crippen LogP contribution in [-0.2, 0) is 14.3 Å². The van der Waals surface area contributed by atoms with Crippen molar-refractivity contribution in [2.75, 3.05) is 7.11 Å². The summed E-state index contributed by atoms with van der Waals surface area (Å²) in [5.41, 5.74) is 2.11. The van der Waals surface area contributed by atoms with Crippen molar-refractivity contribution in [3.05, 3.63) is 41.5 Å². The van der Waals surface area contributed by atoms with Crippen molar-refractivity contribution < 1.29 is 14.3 Å². The molecule has 0 aromatic heterocycles. The van der Waals surface area contributed by atoms with Crippen molar-refractivity contribution in [1.29, 1.82) is 0 Å². The van der Waals surface area contributed by atoms with Gasteiger partial charge in [-0.2, -0.15) is 0 Å². The Hall–Kier alpha value is -2.10. The van der Waals surface area contributed by atoms with Crippen LogP contribution in [0.25, 0.3) is 6.08 Å². The van der Waals surface area contributed by atoms with Crippen LogP contribution in [0.2, 0.25) is 0 Å². The molecule has 0 aliphatic carbocycles. The van der Waals surface area contributed by atoms with Crippen molar-refractivity contribution in [2.24, 2.45) is 0 Å². The summed E-state index contributed by atoms with van der Waals surface area (Å²) in [5, 5.41) is 2.70. The van der Waals surface area contributed by atoms with Crippen LogP contribution in [0.3, 0.4) is 0 Å². The third kappa shape index (κ3) is 5.86. The molecule has 19 heavy (non-hydrogen) atoms. The highest BCUT2D eigenvalue weighted by atomic mass is 16.5. The van der Waals surface area contributed by atoms with Gasteiger partial charge < -0.3 is 10.1 Å². The largest absolute Gasteiger partial charge is 0.469 e. The van der Waals surface area contributed by atoms with Crippen molar-refractivity contribution in [2.45, 2.75) is 26.3 Å². The Labute approximate surface area is 113 Å². The summed E-state index contributed by atoms with van der Waals surface area (Å²) in [6, 6.07) is 7.60. The first-order valence-electron chi connectivity index (χ1n) is 6.13. The van der Waals surface area contributed by atoms with Gasteiger partial charge in [-0.1, -0.05) is 29.8 Å². The van der Waals surface area contributed by atoms with E-state index >= 15 is 0 Å². The fraction of sp³-hybridized carbons (Fsp3) is 0.333. The first kappa shape index (κ1) is 15.0. The third-order valence-corrected chi connectivity index (χ3v) is 2.56. The van der Waals surface area contributed by atoms with E-state index in [0.29, 0.717) is 0 Å². The molecule has 0 bridgehead atoms. The molecule has 0 saturated heterocycles. The zero-order valence-corrected chi connectivity index (χ0v) is 11.5. The quantitative estimate of drug-likeness (QED) is 0.652. The first-order valence-corrected chi connectivity index (χ1v) is 6.13. The second kappa shape index (κ2) is 7.36. The van der Waals surface area contributed by atoms with Gasteiger partial charge in [0.1, 0.15) is 0 Å². The van der Waals surface area contributed by atoms with Gasteiger partial charge in [-0.25, -0.2) is 0 Å². The monoisotopic (exact) mass is 261 g/mol. The summed E-state index contributed by atoms with van der Waals surface area (Å²) >= 11 is 0. The van der Waals surface area contributed by atoms with Gasteiger partial charge in [-0.3, -0.25) is 9.59 Å². The zero-order valence-electron chi connectivity index (χ0n) is 11.5. The molecule has 4 nitrogen and oxygen atoms in total. The highest BCUT2D eigenvalue weighted by molar-refractivity contribution is 5.92. The molecule has 1 aromatic carbocycles. The predicted molar refractivity (Wildman–Crippen MR) is 74.5 cm³/mol. The van der Waals surface area contributed by atoms with Crippen molar-refractivity contribution in [3.8, 4) is 0 Å². The number of ether oxygens (including phenoxy) is 1. The molecule has 4 heteroatoms. The number of rotatable bonds is 5. The number of nitrogens with one attached hydrogen (secondary N) is 1. The average Bonchev–Trinajstić information content (AvgIpc) is 2.36. The SMILES string of the molecule is COC(=O)CC(C)NC(=O)/C=C/c1cccc(C)c1. The number of amides is 1. The van der Waals surface area contributed by atoms with E-state index in [-0.39, 0.29) is 24.3 Å². The summed E-state index contributed by atoms with van der Waals surface area (Å²) in [7, 11) is 1.33. The van der Waals surface area contributed by atoms with E-state index in [1.54, 1.807) is 13.0 Å². The van der Waals surface area contributed by atoms with Gasteiger partial charge >= 0.3 is 5.97 Å². The topological polar surface area (TPSA) is 55.4 Å². The normalized spacial score (nSPS) is 12.2. The predicted octanol–water partition coefficient (Wildman–Crippen LogP) is 2.08. The van der Waals surface area contributed by atoms with Crippen LogP contribution in [0.5, 0.6) is 0 Å². The summed E-state index contributed by atoms with van der Waals surface area (Å²) in [4.78, 5) is 22.7. The standard InChI is InChI=1S/C15H19NO3/c1-11-5-4-6-13(9-11)7-8-14(17)16-12(2)10-15(18)19-3/h4-9,12H,10H2,1-3H3,(H,16,17)/b8-7+. The molecule has 0 fully saturated rings. The minimum Gasteiger partial charge on any atom is -0.469 e. The molecule has 1 rings (SSSR count). The maximum atomic E-state index is 11.6. The highest BCUT2D eigenvalue weighted by Crippen LogP contribution is 2.05. The Bertz CT molecular complexity index is 480. The summed E-state index contributed by atoms with van der Waals surface area (Å²) in [6.45, 7) is 3.76. The lowest BCUT2D eigenvalue weighted by atomic mass is 10.1. The molecule has 102 valence electrons. The van der Waals surface area contributed by atoms with Gasteiger partial charge in [0.2, 0.25) is 5.91 Å². The zero-order chi connectivity index (χ0) is 14.3. The summed E-state index contributed by atoms with van der Waals surface area (Å²) < 4.78 is 4.54. The van der Waals surface area contributed by atoms with Crippen LogP contribution in [0.4, 0.5) is 0 Å². The third-order valence-electron chi connectivity index (χ3n) is 2.56. The van der Waals surface area contributed by atoms with Gasteiger partial charge in [0, 0.05) is 12.1 Å². The van der Waals surface area contributed by atoms with E-state index in [0.717, 1.165) is 11.1 Å². The van der Waals surface area contributed by atoms with Crippen molar-refractivity contribution in [3.63, 3.8) is 0 Å². The fourth-order valence-electron chi connectivity index (χ4n) is 1.62. The maximum absolute atomic E-state index is 11.6. The Balaban J connectivity index is 2.49. The number of hydrogen-bond acceptors (Lipinski definition) is 3. The molecule has 0 saturated carbocycles. The molecule has 1 N–H and O–H groups in total. The van der Waals surface area contributed by atoms with Crippen molar-refractivity contribution >= 4 is 18.0 Å². The molecule has 1 aromatic rings. The molecular formula is C15H19NO3. The van der Waals surface area contributed by atoms with Crippen LogP contribution in [0, 0.1) is 6.92 Å². The maximum Gasteiger partial charge on any atom is 0.307 e. The van der Waals surface area contributed by atoms with E-state index in [2.05, 4.69) is 10.1 Å². The van der Waals surface area contributed by atoms with E-state index < -0.39 is 0 Å². The first-order chi connectivity index (χ1) is 9.01. The second-order valence-electron chi connectivity index (χ2n) is 4.44. The fourth-order valence-corrected chi connectivity index (χ4v) is 1.62. The number of methoxy groups -OCH3 is 1. The van der Waals surface area contributed by atoms with E-state index in [1.807, 2.05) is 31.2 Å². The summed E-state index contributed by atoms with van der Waals surface area (Å²) in [5.74, 6) is -0.562. The number of carbonyl (C=O) groups is 2.